The molecule has 0 aliphatic heterocycles. The van der Waals surface area contributed by atoms with Crippen molar-refractivity contribution in [3.8, 4) is 5.75 Å². The first-order valence-corrected chi connectivity index (χ1v) is 5.04. The third-order valence-corrected chi connectivity index (χ3v) is 2.29. The Balaban J connectivity index is 2.95. The molecule has 1 nitrogen and oxygen atoms in total. The molecule has 0 aliphatic carbocycles. The van der Waals surface area contributed by atoms with E-state index in [2.05, 4.69) is 26.0 Å². The van der Waals surface area contributed by atoms with E-state index in [-0.39, 0.29) is 0 Å². The van der Waals surface area contributed by atoms with Gasteiger partial charge in [-0.1, -0.05) is 31.0 Å². The number of hydrogen-bond donors (Lipinski definition) is 0. The molecule has 1 aromatic carbocycles. The fourth-order valence-corrected chi connectivity index (χ4v) is 1.68. The van der Waals surface area contributed by atoms with Crippen LogP contribution in [0.3, 0.4) is 0 Å². The van der Waals surface area contributed by atoms with Crippen molar-refractivity contribution in [1.82, 2.24) is 0 Å². The van der Waals surface area contributed by atoms with E-state index in [0.717, 1.165) is 18.6 Å². The highest BCUT2D eigenvalue weighted by atomic mass is 127. The highest BCUT2D eigenvalue weighted by Crippen LogP contribution is 2.22. The molecule has 0 spiro atoms. The molecule has 0 saturated carbocycles. The van der Waals surface area contributed by atoms with Crippen LogP contribution in [0.15, 0.2) is 18.2 Å². The summed E-state index contributed by atoms with van der Waals surface area (Å²) in [7, 11) is 0. The zero-order valence-corrected chi connectivity index (χ0v) is 9.59. The summed E-state index contributed by atoms with van der Waals surface area (Å²) < 4.78 is 5.22. The molecule has 0 radical (unpaired) electrons. The molecule has 0 bridgehead atoms. The van der Waals surface area contributed by atoms with Crippen molar-refractivity contribution < 1.29 is 3.07 Å². The number of hydrogen-bond acceptors (Lipinski definition) is 1. The standard InChI is InChI=1S/C10H13IO/c1-3-4-9-7-8(2)5-6-10(9)12-11/h5-7H,3-4H2,1-2H3. The van der Waals surface area contributed by atoms with Crippen LogP contribution in [-0.4, -0.2) is 0 Å². The van der Waals surface area contributed by atoms with E-state index < -0.39 is 0 Å². The molecular formula is C10H13IO. The van der Waals surface area contributed by atoms with Crippen LogP contribution >= 0.6 is 23.0 Å². The van der Waals surface area contributed by atoms with Crippen LogP contribution in [0.1, 0.15) is 24.5 Å². The third-order valence-electron chi connectivity index (χ3n) is 1.82. The Bertz CT molecular complexity index is 258. The quantitative estimate of drug-likeness (QED) is 0.765. The van der Waals surface area contributed by atoms with Crippen molar-refractivity contribution >= 4 is 23.0 Å². The minimum absolute atomic E-state index is 1.00. The summed E-state index contributed by atoms with van der Waals surface area (Å²) in [6, 6.07) is 6.30. The SMILES string of the molecule is CCCc1cc(C)ccc1OI. The molecule has 0 atom stereocenters. The van der Waals surface area contributed by atoms with Gasteiger partial charge < -0.3 is 3.07 Å². The lowest BCUT2D eigenvalue weighted by Crippen LogP contribution is -1.88. The maximum absolute atomic E-state index is 5.22. The Labute approximate surface area is 87.8 Å². The van der Waals surface area contributed by atoms with E-state index in [4.69, 9.17) is 3.07 Å². The van der Waals surface area contributed by atoms with Crippen LogP contribution in [0.25, 0.3) is 0 Å². The summed E-state index contributed by atoms with van der Waals surface area (Å²) in [6.07, 6.45) is 2.26. The minimum atomic E-state index is 1.00. The number of halogens is 1. The maximum atomic E-state index is 5.22. The van der Waals surface area contributed by atoms with E-state index in [0.29, 0.717) is 0 Å². The Morgan fingerprint density at radius 1 is 1.42 bits per heavy atom. The van der Waals surface area contributed by atoms with Gasteiger partial charge in [-0.05, 0) is 25.0 Å². The Morgan fingerprint density at radius 3 is 2.75 bits per heavy atom. The van der Waals surface area contributed by atoms with Crippen molar-refractivity contribution in [1.29, 1.82) is 0 Å². The van der Waals surface area contributed by atoms with Crippen LogP contribution in [0, 0.1) is 6.92 Å². The molecule has 0 unspecified atom stereocenters. The zero-order valence-electron chi connectivity index (χ0n) is 7.43. The van der Waals surface area contributed by atoms with Gasteiger partial charge in [0.25, 0.3) is 0 Å². The molecule has 2 heteroatoms. The molecule has 0 N–H and O–H groups in total. The first kappa shape index (κ1) is 9.84. The van der Waals surface area contributed by atoms with Crippen molar-refractivity contribution in [3.63, 3.8) is 0 Å². The smallest absolute Gasteiger partial charge is 0.192 e. The summed E-state index contributed by atoms with van der Waals surface area (Å²) in [5.41, 5.74) is 2.61. The van der Waals surface area contributed by atoms with E-state index in [9.17, 15) is 0 Å². The lowest BCUT2D eigenvalue weighted by Gasteiger charge is -2.06. The largest absolute Gasteiger partial charge is 0.427 e. The fourth-order valence-electron chi connectivity index (χ4n) is 1.25. The molecule has 0 heterocycles. The van der Waals surface area contributed by atoms with Gasteiger partial charge in [-0.15, -0.1) is 0 Å². The second-order valence-electron chi connectivity index (χ2n) is 2.94. The molecule has 1 aromatic rings. The van der Waals surface area contributed by atoms with Gasteiger partial charge in [0.1, 0.15) is 5.75 Å². The molecule has 0 fully saturated rings. The maximum Gasteiger partial charge on any atom is 0.192 e. The molecular weight excluding hydrogens is 263 g/mol. The lowest BCUT2D eigenvalue weighted by molar-refractivity contribution is 0.695. The van der Waals surface area contributed by atoms with Gasteiger partial charge in [-0.25, -0.2) is 0 Å². The van der Waals surface area contributed by atoms with E-state index >= 15 is 0 Å². The second kappa shape index (κ2) is 4.70. The first-order valence-electron chi connectivity index (χ1n) is 4.16. The Kier molecular flexibility index (Phi) is 3.85. The number of benzene rings is 1. The highest BCUT2D eigenvalue weighted by Gasteiger charge is 2.01. The van der Waals surface area contributed by atoms with Gasteiger partial charge in [0.15, 0.2) is 23.0 Å². The second-order valence-corrected chi connectivity index (χ2v) is 3.38. The fraction of sp³-hybridized carbons (Fsp3) is 0.400. The molecule has 0 saturated heterocycles. The van der Waals surface area contributed by atoms with Gasteiger partial charge in [-0.3, -0.25) is 0 Å². The van der Waals surface area contributed by atoms with Crippen LogP contribution in [0.2, 0.25) is 0 Å². The first-order chi connectivity index (χ1) is 5.77. The average Bonchev–Trinajstić information content (AvgIpc) is 2.05. The predicted molar refractivity (Wildman–Crippen MR) is 59.8 cm³/mol. The summed E-state index contributed by atoms with van der Waals surface area (Å²) in [5.74, 6) is 1.00. The molecule has 1 rings (SSSR count). The average molecular weight is 276 g/mol. The molecule has 0 aliphatic rings. The topological polar surface area (TPSA) is 9.23 Å². The van der Waals surface area contributed by atoms with Gasteiger partial charge in [0, 0.05) is 0 Å². The van der Waals surface area contributed by atoms with E-state index in [1.165, 1.54) is 11.1 Å². The van der Waals surface area contributed by atoms with Gasteiger partial charge >= 0.3 is 0 Å². The Hall–Kier alpha value is -0.250. The summed E-state index contributed by atoms with van der Waals surface area (Å²) >= 11 is 1.93. The minimum Gasteiger partial charge on any atom is -0.427 e. The number of aryl methyl sites for hydroxylation is 2. The van der Waals surface area contributed by atoms with Crippen LogP contribution in [-0.2, 0) is 6.42 Å². The van der Waals surface area contributed by atoms with Crippen molar-refractivity contribution in [2.75, 3.05) is 0 Å². The third kappa shape index (κ3) is 2.37. The Morgan fingerprint density at radius 2 is 2.17 bits per heavy atom. The monoisotopic (exact) mass is 276 g/mol. The predicted octanol–water partition coefficient (Wildman–Crippen LogP) is 3.68. The lowest BCUT2D eigenvalue weighted by atomic mass is 10.1. The van der Waals surface area contributed by atoms with Crippen molar-refractivity contribution in [2.24, 2.45) is 0 Å². The van der Waals surface area contributed by atoms with Crippen molar-refractivity contribution in [3.05, 3.63) is 29.3 Å². The van der Waals surface area contributed by atoms with Gasteiger partial charge in [0.2, 0.25) is 0 Å². The zero-order chi connectivity index (χ0) is 8.97. The van der Waals surface area contributed by atoms with Crippen LogP contribution < -0.4 is 3.07 Å². The molecule has 12 heavy (non-hydrogen) atoms. The van der Waals surface area contributed by atoms with Gasteiger partial charge in [-0.2, -0.15) is 0 Å². The van der Waals surface area contributed by atoms with Crippen LogP contribution in [0.5, 0.6) is 5.75 Å². The molecule has 0 amide bonds. The highest BCUT2D eigenvalue weighted by molar-refractivity contribution is 14.1. The van der Waals surface area contributed by atoms with E-state index in [1.807, 2.05) is 29.1 Å². The van der Waals surface area contributed by atoms with E-state index in [1.54, 1.807) is 0 Å². The van der Waals surface area contributed by atoms with Gasteiger partial charge in [0.05, 0.1) is 0 Å². The summed E-state index contributed by atoms with van der Waals surface area (Å²) in [4.78, 5) is 0. The van der Waals surface area contributed by atoms with Crippen molar-refractivity contribution in [2.45, 2.75) is 26.7 Å². The summed E-state index contributed by atoms with van der Waals surface area (Å²) in [5, 5.41) is 0. The molecule has 0 aromatic heterocycles. The number of rotatable bonds is 3. The molecule has 66 valence electrons. The summed E-state index contributed by atoms with van der Waals surface area (Å²) in [6.45, 7) is 4.29. The van der Waals surface area contributed by atoms with Crippen LogP contribution in [0.4, 0.5) is 0 Å². The normalized spacial score (nSPS) is 9.92.